The summed E-state index contributed by atoms with van der Waals surface area (Å²) in [6, 6.07) is 6.95. The fourth-order valence-corrected chi connectivity index (χ4v) is 2.09. The Morgan fingerprint density at radius 3 is 2.45 bits per heavy atom. The van der Waals surface area contributed by atoms with Gasteiger partial charge in [0.05, 0.1) is 18.9 Å². The van der Waals surface area contributed by atoms with E-state index in [1.165, 1.54) is 0 Å². The van der Waals surface area contributed by atoms with Crippen LogP contribution in [0.1, 0.15) is 35.1 Å². The van der Waals surface area contributed by atoms with Gasteiger partial charge in [-0.1, -0.05) is 34.0 Å². The van der Waals surface area contributed by atoms with Crippen LogP contribution < -0.4 is 0 Å². The summed E-state index contributed by atoms with van der Waals surface area (Å²) < 4.78 is 10.0. The topological polar surface area (TPSA) is 98.1 Å². The van der Waals surface area contributed by atoms with E-state index in [-0.39, 0.29) is 6.42 Å². The van der Waals surface area contributed by atoms with Gasteiger partial charge in [-0.05, 0) is 17.7 Å². The lowest BCUT2D eigenvalue weighted by atomic mass is 10.1. The van der Waals surface area contributed by atoms with Gasteiger partial charge in [-0.2, -0.15) is 9.97 Å². The largest absolute Gasteiger partial charge is 0.388 e. The van der Waals surface area contributed by atoms with Crippen LogP contribution in [0.4, 0.5) is 0 Å². The lowest BCUT2D eigenvalue weighted by molar-refractivity contribution is 0.164. The minimum atomic E-state index is -0.738. The molecular formula is C14H13ClN4O3. The van der Waals surface area contributed by atoms with E-state index >= 15 is 0 Å². The van der Waals surface area contributed by atoms with Crippen molar-refractivity contribution >= 4 is 11.6 Å². The second-order valence-electron chi connectivity index (χ2n) is 4.78. The zero-order valence-electron chi connectivity index (χ0n) is 11.7. The molecule has 0 spiro atoms. The van der Waals surface area contributed by atoms with E-state index in [0.717, 1.165) is 5.56 Å². The number of nitrogens with zero attached hydrogens (tertiary/aromatic N) is 4. The summed E-state index contributed by atoms with van der Waals surface area (Å²) in [7, 11) is 0. The molecule has 0 bridgehead atoms. The van der Waals surface area contributed by atoms with Gasteiger partial charge in [-0.3, -0.25) is 0 Å². The van der Waals surface area contributed by atoms with Crippen LogP contribution in [0.5, 0.6) is 0 Å². The van der Waals surface area contributed by atoms with Crippen molar-refractivity contribution in [3.8, 4) is 0 Å². The molecule has 2 aromatic heterocycles. The van der Waals surface area contributed by atoms with Gasteiger partial charge in [0.1, 0.15) is 0 Å². The molecule has 8 heteroatoms. The van der Waals surface area contributed by atoms with Crippen molar-refractivity contribution in [2.75, 3.05) is 0 Å². The third-order valence-electron chi connectivity index (χ3n) is 3.02. The van der Waals surface area contributed by atoms with Crippen LogP contribution in [0.2, 0.25) is 5.02 Å². The second-order valence-corrected chi connectivity index (χ2v) is 5.22. The van der Waals surface area contributed by atoms with Gasteiger partial charge in [0.25, 0.3) is 0 Å². The molecule has 7 nitrogen and oxygen atoms in total. The van der Waals surface area contributed by atoms with Crippen molar-refractivity contribution in [2.24, 2.45) is 0 Å². The zero-order valence-corrected chi connectivity index (χ0v) is 12.5. The Labute approximate surface area is 130 Å². The molecule has 0 aliphatic rings. The molecule has 0 saturated carbocycles. The molecular weight excluding hydrogens is 308 g/mol. The van der Waals surface area contributed by atoms with Gasteiger partial charge < -0.3 is 14.2 Å². The number of halogens is 1. The number of rotatable bonds is 5. The molecule has 0 aliphatic carbocycles. The number of aryl methyl sites for hydroxylation is 1. The molecule has 2 heterocycles. The number of benzene rings is 1. The molecule has 3 aromatic rings. The monoisotopic (exact) mass is 320 g/mol. The summed E-state index contributed by atoms with van der Waals surface area (Å²) in [5.74, 6) is 1.76. The second kappa shape index (κ2) is 6.25. The predicted molar refractivity (Wildman–Crippen MR) is 76.3 cm³/mol. The molecule has 1 aromatic carbocycles. The first-order valence-electron chi connectivity index (χ1n) is 6.64. The minimum Gasteiger partial charge on any atom is -0.388 e. The molecule has 1 atom stereocenters. The van der Waals surface area contributed by atoms with E-state index in [2.05, 4.69) is 20.3 Å². The Bertz CT molecular complexity index is 754. The maximum Gasteiger partial charge on any atom is 0.229 e. The number of aromatic nitrogens is 4. The number of hydrogen-bond acceptors (Lipinski definition) is 7. The molecule has 0 radical (unpaired) electrons. The molecule has 1 N–H and O–H groups in total. The van der Waals surface area contributed by atoms with Gasteiger partial charge >= 0.3 is 0 Å². The first-order valence-corrected chi connectivity index (χ1v) is 7.02. The van der Waals surface area contributed by atoms with E-state index in [1.54, 1.807) is 31.2 Å². The third-order valence-corrected chi connectivity index (χ3v) is 3.27. The average Bonchev–Trinajstić information content (AvgIpc) is 3.09. The van der Waals surface area contributed by atoms with Crippen molar-refractivity contribution < 1.29 is 14.2 Å². The average molecular weight is 321 g/mol. The van der Waals surface area contributed by atoms with Gasteiger partial charge in [-0.25, -0.2) is 0 Å². The summed E-state index contributed by atoms with van der Waals surface area (Å²) in [4.78, 5) is 8.28. The highest BCUT2D eigenvalue weighted by atomic mass is 35.5. The lowest BCUT2D eigenvalue weighted by Crippen LogP contribution is -2.02. The fraction of sp³-hybridized carbons (Fsp3) is 0.286. The Balaban J connectivity index is 1.64. The Morgan fingerprint density at radius 2 is 1.77 bits per heavy atom. The molecule has 0 saturated heterocycles. The van der Waals surface area contributed by atoms with Gasteiger partial charge in [0.2, 0.25) is 11.8 Å². The summed E-state index contributed by atoms with van der Waals surface area (Å²) in [5, 5.41) is 18.4. The van der Waals surface area contributed by atoms with Crippen LogP contribution in [0.25, 0.3) is 0 Å². The number of hydrogen-bond donors (Lipinski definition) is 1. The van der Waals surface area contributed by atoms with Gasteiger partial charge in [0.15, 0.2) is 11.6 Å². The Morgan fingerprint density at radius 1 is 1.09 bits per heavy atom. The molecule has 0 fully saturated rings. The molecule has 0 aliphatic heterocycles. The van der Waals surface area contributed by atoms with Crippen LogP contribution in [-0.2, 0) is 12.8 Å². The summed E-state index contributed by atoms with van der Waals surface area (Å²) in [6.45, 7) is 1.71. The van der Waals surface area contributed by atoms with Crippen LogP contribution in [0, 0.1) is 6.92 Å². The maximum atomic E-state index is 10.2. The van der Waals surface area contributed by atoms with Crippen molar-refractivity contribution in [1.82, 2.24) is 20.3 Å². The molecule has 0 unspecified atom stereocenters. The van der Waals surface area contributed by atoms with Crippen molar-refractivity contribution in [2.45, 2.75) is 25.9 Å². The van der Waals surface area contributed by atoms with Crippen molar-refractivity contribution in [3.63, 3.8) is 0 Å². The maximum absolute atomic E-state index is 10.2. The van der Waals surface area contributed by atoms with E-state index in [0.29, 0.717) is 34.9 Å². The summed E-state index contributed by atoms with van der Waals surface area (Å²) >= 11 is 5.82. The highest BCUT2D eigenvalue weighted by molar-refractivity contribution is 6.30. The van der Waals surface area contributed by atoms with E-state index in [4.69, 9.17) is 20.6 Å². The third kappa shape index (κ3) is 3.49. The highest BCUT2D eigenvalue weighted by Gasteiger charge is 2.15. The highest BCUT2D eigenvalue weighted by Crippen LogP contribution is 2.19. The molecule has 0 amide bonds. The normalized spacial score (nSPS) is 12.5. The standard InChI is InChI=1S/C14H13ClN4O3/c1-8-16-12(18-21-8)7-13-17-14(22-19-13)6-11(20)9-2-4-10(15)5-3-9/h2-5,11,20H,6-7H2,1H3/t11-/m0/s1. The van der Waals surface area contributed by atoms with Crippen LogP contribution in [0.3, 0.4) is 0 Å². The fourth-order valence-electron chi connectivity index (χ4n) is 1.97. The SMILES string of the molecule is Cc1nc(Cc2noc(C[C@H](O)c3ccc(Cl)cc3)n2)no1. The molecule has 114 valence electrons. The Hall–Kier alpha value is -2.25. The quantitative estimate of drug-likeness (QED) is 0.770. The first-order chi connectivity index (χ1) is 10.6. The summed E-state index contributed by atoms with van der Waals surface area (Å²) in [5.41, 5.74) is 0.734. The van der Waals surface area contributed by atoms with Crippen LogP contribution >= 0.6 is 11.6 Å². The first kappa shape index (κ1) is 14.7. The van der Waals surface area contributed by atoms with Gasteiger partial charge in [-0.15, -0.1) is 0 Å². The van der Waals surface area contributed by atoms with Gasteiger partial charge in [0, 0.05) is 11.9 Å². The van der Waals surface area contributed by atoms with E-state index < -0.39 is 6.10 Å². The summed E-state index contributed by atoms with van der Waals surface area (Å²) in [6.07, 6.45) is -0.199. The zero-order chi connectivity index (χ0) is 15.5. The molecule has 22 heavy (non-hydrogen) atoms. The van der Waals surface area contributed by atoms with Crippen LogP contribution in [0.15, 0.2) is 33.3 Å². The lowest BCUT2D eigenvalue weighted by Gasteiger charge is -2.07. The van der Waals surface area contributed by atoms with Crippen molar-refractivity contribution in [3.05, 3.63) is 58.3 Å². The van der Waals surface area contributed by atoms with E-state index in [9.17, 15) is 5.11 Å². The van der Waals surface area contributed by atoms with E-state index in [1.807, 2.05) is 0 Å². The number of aliphatic hydroxyl groups excluding tert-OH is 1. The minimum absolute atomic E-state index is 0.222. The Kier molecular flexibility index (Phi) is 4.17. The predicted octanol–water partition coefficient (Wildman–Crippen LogP) is 2.28. The number of aliphatic hydroxyl groups is 1. The van der Waals surface area contributed by atoms with Crippen LogP contribution in [-0.4, -0.2) is 25.4 Å². The van der Waals surface area contributed by atoms with Crippen molar-refractivity contribution in [1.29, 1.82) is 0 Å². The molecule has 3 rings (SSSR count). The smallest absolute Gasteiger partial charge is 0.229 e.